The molecule has 1 N–H and O–H groups in total. The normalized spacial score (nSPS) is 16.3. The maximum atomic E-state index is 12.7. The highest BCUT2D eigenvalue weighted by Crippen LogP contribution is 2.29. The van der Waals surface area contributed by atoms with Crippen molar-refractivity contribution in [2.45, 2.75) is 25.6 Å². The molecule has 0 aromatic carbocycles. The molecule has 29 heavy (non-hydrogen) atoms. The minimum Gasteiger partial charge on any atom is -0.389 e. The van der Waals surface area contributed by atoms with Gasteiger partial charge in [-0.05, 0) is 26.0 Å². The fraction of sp³-hybridized carbons (Fsp3) is 0.500. The van der Waals surface area contributed by atoms with Gasteiger partial charge in [0.25, 0.3) is 5.56 Å². The van der Waals surface area contributed by atoms with Crippen LogP contribution < -0.4 is 10.5 Å². The summed E-state index contributed by atoms with van der Waals surface area (Å²) >= 11 is 6.25. The second kappa shape index (κ2) is 7.92. The van der Waals surface area contributed by atoms with E-state index in [1.807, 2.05) is 4.90 Å². The van der Waals surface area contributed by atoms with E-state index in [-0.39, 0.29) is 10.8 Å². The number of rotatable bonds is 4. The molecule has 0 spiro atoms. The summed E-state index contributed by atoms with van der Waals surface area (Å²) in [6, 6.07) is 1.91. The monoisotopic (exact) mass is 431 g/mol. The lowest BCUT2D eigenvalue weighted by atomic mass is 10.1. The lowest BCUT2D eigenvalue weighted by Crippen LogP contribution is -2.50. The molecule has 7 nitrogen and oxygen atoms in total. The van der Waals surface area contributed by atoms with E-state index >= 15 is 0 Å². The fourth-order valence-electron chi connectivity index (χ4n) is 3.18. The Morgan fingerprint density at radius 1 is 1.14 bits per heavy atom. The highest BCUT2D eigenvalue weighted by atomic mass is 35.5. The number of halogens is 4. The van der Waals surface area contributed by atoms with Gasteiger partial charge in [-0.3, -0.25) is 9.69 Å². The van der Waals surface area contributed by atoms with Gasteiger partial charge in [0.2, 0.25) is 0 Å². The molecule has 2 aromatic heterocycles. The predicted molar refractivity (Wildman–Crippen MR) is 103 cm³/mol. The number of aliphatic hydroxyl groups is 1. The van der Waals surface area contributed by atoms with Crippen LogP contribution in [0.5, 0.6) is 0 Å². The van der Waals surface area contributed by atoms with Crippen molar-refractivity contribution in [2.24, 2.45) is 0 Å². The number of anilines is 1. The van der Waals surface area contributed by atoms with Gasteiger partial charge in [-0.25, -0.2) is 4.98 Å². The van der Waals surface area contributed by atoms with E-state index in [2.05, 4.69) is 15.0 Å². The van der Waals surface area contributed by atoms with Crippen molar-refractivity contribution in [2.75, 3.05) is 37.6 Å². The van der Waals surface area contributed by atoms with Gasteiger partial charge < -0.3 is 10.0 Å². The molecule has 2 aromatic rings. The summed E-state index contributed by atoms with van der Waals surface area (Å²) in [4.78, 5) is 20.3. The molecule has 1 saturated heterocycles. The average molecular weight is 432 g/mol. The van der Waals surface area contributed by atoms with E-state index in [9.17, 15) is 23.1 Å². The summed E-state index contributed by atoms with van der Waals surface area (Å²) in [5.74, 6) is -0.0496. The quantitative estimate of drug-likeness (QED) is 0.800. The van der Waals surface area contributed by atoms with Crippen LogP contribution in [-0.2, 0) is 6.18 Å². The maximum Gasteiger partial charge on any atom is 0.417 e. The molecule has 1 aliphatic rings. The first-order chi connectivity index (χ1) is 13.5. The second-order valence-corrected chi connectivity index (χ2v) is 7.92. The number of alkyl halides is 3. The van der Waals surface area contributed by atoms with E-state index < -0.39 is 22.9 Å². The summed E-state index contributed by atoms with van der Waals surface area (Å²) in [5, 5.41) is 13.9. The molecule has 158 valence electrons. The third-order valence-corrected chi connectivity index (χ3v) is 4.87. The lowest BCUT2D eigenvalue weighted by molar-refractivity contribution is -0.137. The summed E-state index contributed by atoms with van der Waals surface area (Å²) in [7, 11) is 0. The Kier molecular flexibility index (Phi) is 5.88. The minimum atomic E-state index is -4.52. The Morgan fingerprint density at radius 3 is 2.31 bits per heavy atom. The molecule has 3 heterocycles. The molecule has 0 atom stereocenters. The summed E-state index contributed by atoms with van der Waals surface area (Å²) in [6.07, 6.45) is -2.46. The number of hydrogen-bond donors (Lipinski definition) is 1. The van der Waals surface area contributed by atoms with Crippen molar-refractivity contribution >= 4 is 17.3 Å². The van der Waals surface area contributed by atoms with Crippen LogP contribution in [0.2, 0.25) is 5.02 Å². The summed E-state index contributed by atoms with van der Waals surface area (Å²) in [6.45, 7) is 6.59. The average Bonchev–Trinajstić information content (AvgIpc) is 2.63. The molecule has 3 rings (SSSR count). The second-order valence-electron chi connectivity index (χ2n) is 7.54. The third kappa shape index (κ3) is 5.06. The van der Waals surface area contributed by atoms with Crippen LogP contribution in [0.4, 0.5) is 18.9 Å². The van der Waals surface area contributed by atoms with Crippen LogP contribution in [0.1, 0.15) is 19.4 Å². The molecule has 0 aliphatic carbocycles. The van der Waals surface area contributed by atoms with Gasteiger partial charge in [-0.1, -0.05) is 11.6 Å². The Bertz CT molecular complexity index is 917. The number of pyridine rings is 1. The number of aromatic nitrogens is 3. The topological polar surface area (TPSA) is 74.5 Å². The van der Waals surface area contributed by atoms with Gasteiger partial charge in [0.15, 0.2) is 5.82 Å². The van der Waals surface area contributed by atoms with Crippen LogP contribution >= 0.6 is 11.6 Å². The van der Waals surface area contributed by atoms with E-state index in [0.29, 0.717) is 44.6 Å². The van der Waals surface area contributed by atoms with E-state index in [1.165, 1.54) is 6.20 Å². The van der Waals surface area contributed by atoms with Crippen molar-refractivity contribution in [1.29, 1.82) is 0 Å². The number of nitrogens with zero attached hydrogens (tertiary/aromatic N) is 5. The van der Waals surface area contributed by atoms with Gasteiger partial charge in [0.1, 0.15) is 5.02 Å². The first kappa shape index (κ1) is 21.5. The Morgan fingerprint density at radius 2 is 1.79 bits per heavy atom. The zero-order valence-electron chi connectivity index (χ0n) is 15.9. The molecule has 0 amide bonds. The molecule has 11 heteroatoms. The first-order valence-corrected chi connectivity index (χ1v) is 9.35. The maximum absolute atomic E-state index is 12.7. The SMILES string of the molecule is CC(C)(O)CN1CCN(c2cnn(-c3ccc(C(F)(F)F)cn3)c(=O)c2Cl)CC1. The Balaban J connectivity index is 1.78. The van der Waals surface area contributed by atoms with Crippen LogP contribution in [0.15, 0.2) is 29.3 Å². The van der Waals surface area contributed by atoms with Gasteiger partial charge in [-0.15, -0.1) is 0 Å². The molecular formula is C18H21ClF3N5O2. The van der Waals surface area contributed by atoms with Crippen molar-refractivity contribution < 1.29 is 18.3 Å². The largest absolute Gasteiger partial charge is 0.417 e. The zero-order chi connectivity index (χ0) is 21.4. The molecule has 0 radical (unpaired) electrons. The fourth-order valence-corrected chi connectivity index (χ4v) is 3.43. The Labute approximate surface area is 170 Å². The Hall–Kier alpha value is -2.17. The van der Waals surface area contributed by atoms with Gasteiger partial charge in [0, 0.05) is 38.9 Å². The highest BCUT2D eigenvalue weighted by Gasteiger charge is 2.31. The van der Waals surface area contributed by atoms with Gasteiger partial charge in [0.05, 0.1) is 23.0 Å². The van der Waals surface area contributed by atoms with Gasteiger partial charge in [-0.2, -0.15) is 23.0 Å². The minimum absolute atomic E-state index is 0.0496. The molecule has 1 aliphatic heterocycles. The molecular weight excluding hydrogens is 411 g/mol. The smallest absolute Gasteiger partial charge is 0.389 e. The van der Waals surface area contributed by atoms with Crippen molar-refractivity contribution in [3.05, 3.63) is 45.5 Å². The standard InChI is InChI=1S/C18H21ClF3N5O2/c1-17(2,29)11-25-5-7-26(8-6-25)13-10-24-27(16(28)15(13)19)14-4-3-12(9-23-14)18(20,21)22/h3-4,9-10,29H,5-8,11H2,1-2H3. The van der Waals surface area contributed by atoms with Crippen LogP contribution in [-0.4, -0.2) is 63.1 Å². The predicted octanol–water partition coefficient (Wildman–Crippen LogP) is 2.19. The lowest BCUT2D eigenvalue weighted by Gasteiger charge is -2.38. The third-order valence-electron chi connectivity index (χ3n) is 4.52. The van der Waals surface area contributed by atoms with Crippen molar-refractivity contribution in [1.82, 2.24) is 19.7 Å². The first-order valence-electron chi connectivity index (χ1n) is 8.97. The molecule has 0 unspecified atom stereocenters. The zero-order valence-corrected chi connectivity index (χ0v) is 16.7. The van der Waals surface area contributed by atoms with Crippen molar-refractivity contribution in [3.63, 3.8) is 0 Å². The number of β-amino-alcohol motifs (C(OH)–C–C–N with tert-alkyl or cyclic N) is 1. The van der Waals surface area contributed by atoms with Gasteiger partial charge >= 0.3 is 6.18 Å². The van der Waals surface area contributed by atoms with E-state index in [0.717, 1.165) is 16.8 Å². The van der Waals surface area contributed by atoms with E-state index in [4.69, 9.17) is 11.6 Å². The summed E-state index contributed by atoms with van der Waals surface area (Å²) < 4.78 is 38.9. The molecule has 0 bridgehead atoms. The molecule has 1 fully saturated rings. The highest BCUT2D eigenvalue weighted by molar-refractivity contribution is 6.33. The van der Waals surface area contributed by atoms with Crippen LogP contribution in [0, 0.1) is 0 Å². The van der Waals surface area contributed by atoms with Crippen LogP contribution in [0.3, 0.4) is 0 Å². The summed E-state index contributed by atoms with van der Waals surface area (Å²) in [5.41, 5.74) is -1.91. The number of hydrogen-bond acceptors (Lipinski definition) is 6. The number of piperazine rings is 1. The van der Waals surface area contributed by atoms with Crippen molar-refractivity contribution in [3.8, 4) is 5.82 Å². The van der Waals surface area contributed by atoms with Crippen LogP contribution in [0.25, 0.3) is 5.82 Å². The molecule has 0 saturated carbocycles. The van der Waals surface area contributed by atoms with E-state index in [1.54, 1.807) is 13.8 Å².